The van der Waals surface area contributed by atoms with Gasteiger partial charge in [0.1, 0.15) is 0 Å². The van der Waals surface area contributed by atoms with E-state index in [0.29, 0.717) is 11.7 Å². The topological polar surface area (TPSA) is 48.9 Å². The first-order chi connectivity index (χ1) is 4.38. The lowest BCUT2D eigenvalue weighted by Crippen LogP contribution is -1.77. The monoisotopic (exact) mass is 124 g/mol. The van der Waals surface area contributed by atoms with E-state index in [2.05, 4.69) is 10.2 Å². The number of rotatable bonds is 1. The average molecular weight is 124 g/mol. The number of aromatic amines is 1. The van der Waals surface area contributed by atoms with Gasteiger partial charge in [-0.15, -0.1) is 0 Å². The molecule has 0 saturated heterocycles. The van der Waals surface area contributed by atoms with Crippen molar-refractivity contribution in [3.63, 3.8) is 0 Å². The molecule has 0 radical (unpaired) electrons. The summed E-state index contributed by atoms with van der Waals surface area (Å²) >= 11 is 0. The van der Waals surface area contributed by atoms with Gasteiger partial charge in [-0.3, -0.25) is 5.10 Å². The molecule has 1 aromatic rings. The molecule has 1 aromatic heterocycles. The molecule has 0 aromatic carbocycles. The van der Waals surface area contributed by atoms with Crippen LogP contribution in [0.25, 0.3) is 0 Å². The molecule has 0 unspecified atom stereocenters. The summed E-state index contributed by atoms with van der Waals surface area (Å²) in [5.41, 5.74) is 0.912. The zero-order chi connectivity index (χ0) is 6.27. The van der Waals surface area contributed by atoms with Crippen molar-refractivity contribution < 1.29 is 5.11 Å². The van der Waals surface area contributed by atoms with E-state index in [9.17, 15) is 0 Å². The Morgan fingerprint density at radius 1 is 1.67 bits per heavy atom. The van der Waals surface area contributed by atoms with Crippen LogP contribution in [0, 0.1) is 0 Å². The second kappa shape index (κ2) is 1.50. The van der Waals surface area contributed by atoms with Crippen molar-refractivity contribution in [3.8, 4) is 5.75 Å². The van der Waals surface area contributed by atoms with Crippen molar-refractivity contribution in [3.05, 3.63) is 11.9 Å². The zero-order valence-electron chi connectivity index (χ0n) is 4.96. The molecule has 0 amide bonds. The van der Waals surface area contributed by atoms with Gasteiger partial charge in [0.2, 0.25) is 0 Å². The normalized spacial score (nSPS) is 18.2. The molecule has 2 N–H and O–H groups in total. The fourth-order valence-corrected chi connectivity index (χ4v) is 0.962. The highest BCUT2D eigenvalue weighted by Gasteiger charge is 2.27. The van der Waals surface area contributed by atoms with Gasteiger partial charge >= 0.3 is 0 Å². The Morgan fingerprint density at radius 2 is 2.44 bits per heavy atom. The van der Waals surface area contributed by atoms with Gasteiger partial charge in [-0.2, -0.15) is 5.10 Å². The summed E-state index contributed by atoms with van der Waals surface area (Å²) in [6.45, 7) is 0. The predicted molar refractivity (Wildman–Crippen MR) is 32.2 cm³/mol. The SMILES string of the molecule is Oc1cn[nH]c1C1CC1. The van der Waals surface area contributed by atoms with Crippen molar-refractivity contribution in [2.24, 2.45) is 0 Å². The van der Waals surface area contributed by atoms with Crippen LogP contribution in [0.5, 0.6) is 5.75 Å². The summed E-state index contributed by atoms with van der Waals surface area (Å²) in [6.07, 6.45) is 3.83. The van der Waals surface area contributed by atoms with Crippen molar-refractivity contribution in [1.29, 1.82) is 0 Å². The minimum atomic E-state index is 0.317. The van der Waals surface area contributed by atoms with Gasteiger partial charge in [-0.05, 0) is 12.8 Å². The molecule has 9 heavy (non-hydrogen) atoms. The Balaban J connectivity index is 2.35. The summed E-state index contributed by atoms with van der Waals surface area (Å²) in [7, 11) is 0. The van der Waals surface area contributed by atoms with Gasteiger partial charge in [0.05, 0.1) is 11.9 Å². The van der Waals surface area contributed by atoms with E-state index in [-0.39, 0.29) is 0 Å². The van der Waals surface area contributed by atoms with Crippen LogP contribution in [0.4, 0.5) is 0 Å². The van der Waals surface area contributed by atoms with Crippen molar-refractivity contribution in [2.75, 3.05) is 0 Å². The van der Waals surface area contributed by atoms with Gasteiger partial charge in [-0.1, -0.05) is 0 Å². The second-order valence-electron chi connectivity index (χ2n) is 2.44. The van der Waals surface area contributed by atoms with E-state index in [1.165, 1.54) is 19.0 Å². The van der Waals surface area contributed by atoms with Crippen molar-refractivity contribution >= 4 is 0 Å². The summed E-state index contributed by atoms with van der Waals surface area (Å²) in [5, 5.41) is 15.5. The summed E-state index contributed by atoms with van der Waals surface area (Å²) < 4.78 is 0. The molecule has 2 rings (SSSR count). The zero-order valence-corrected chi connectivity index (χ0v) is 4.96. The maximum atomic E-state index is 9.07. The van der Waals surface area contributed by atoms with Crippen LogP contribution in [-0.4, -0.2) is 15.3 Å². The highest BCUT2D eigenvalue weighted by molar-refractivity contribution is 5.28. The summed E-state index contributed by atoms with van der Waals surface area (Å²) in [6, 6.07) is 0. The maximum absolute atomic E-state index is 9.07. The minimum Gasteiger partial charge on any atom is -0.504 e. The lowest BCUT2D eigenvalue weighted by molar-refractivity contribution is 0.468. The van der Waals surface area contributed by atoms with Crippen LogP contribution < -0.4 is 0 Å². The molecular formula is C6H8N2O. The largest absolute Gasteiger partial charge is 0.504 e. The van der Waals surface area contributed by atoms with E-state index in [1.807, 2.05) is 0 Å². The predicted octanol–water partition coefficient (Wildman–Crippen LogP) is 0.993. The molecule has 3 nitrogen and oxygen atoms in total. The molecule has 1 aliphatic rings. The van der Waals surface area contributed by atoms with Crippen LogP contribution in [0.3, 0.4) is 0 Å². The molecule has 0 spiro atoms. The third-order valence-electron chi connectivity index (χ3n) is 1.63. The van der Waals surface area contributed by atoms with E-state index >= 15 is 0 Å². The molecule has 1 fully saturated rings. The molecule has 0 atom stereocenters. The van der Waals surface area contributed by atoms with E-state index in [1.54, 1.807) is 0 Å². The quantitative estimate of drug-likeness (QED) is 0.586. The molecule has 48 valence electrons. The fourth-order valence-electron chi connectivity index (χ4n) is 0.962. The Bertz CT molecular complexity index is 215. The van der Waals surface area contributed by atoms with Crippen LogP contribution in [0.15, 0.2) is 6.20 Å². The molecule has 1 saturated carbocycles. The minimum absolute atomic E-state index is 0.317. The first-order valence-electron chi connectivity index (χ1n) is 3.10. The third-order valence-corrected chi connectivity index (χ3v) is 1.63. The van der Waals surface area contributed by atoms with Gasteiger partial charge < -0.3 is 5.11 Å². The highest BCUT2D eigenvalue weighted by Crippen LogP contribution is 2.42. The smallest absolute Gasteiger partial charge is 0.156 e. The Kier molecular flexibility index (Phi) is 0.806. The highest BCUT2D eigenvalue weighted by atomic mass is 16.3. The lowest BCUT2D eigenvalue weighted by atomic mass is 10.3. The number of nitrogens with zero attached hydrogens (tertiary/aromatic N) is 1. The van der Waals surface area contributed by atoms with Crippen LogP contribution >= 0.6 is 0 Å². The Hall–Kier alpha value is -0.990. The number of H-pyrrole nitrogens is 1. The maximum Gasteiger partial charge on any atom is 0.156 e. The molecule has 0 aliphatic heterocycles. The number of aromatic nitrogens is 2. The number of aromatic hydroxyl groups is 1. The van der Waals surface area contributed by atoms with Gasteiger partial charge in [0.25, 0.3) is 0 Å². The number of hydrogen-bond acceptors (Lipinski definition) is 2. The van der Waals surface area contributed by atoms with Gasteiger partial charge in [0.15, 0.2) is 5.75 Å². The molecular weight excluding hydrogens is 116 g/mol. The van der Waals surface area contributed by atoms with E-state index in [4.69, 9.17) is 5.11 Å². The van der Waals surface area contributed by atoms with Gasteiger partial charge in [0, 0.05) is 5.92 Å². The van der Waals surface area contributed by atoms with Crippen LogP contribution in [0.1, 0.15) is 24.5 Å². The first-order valence-corrected chi connectivity index (χ1v) is 3.10. The Labute approximate surface area is 52.7 Å². The lowest BCUT2D eigenvalue weighted by Gasteiger charge is -1.88. The summed E-state index contributed by atoms with van der Waals surface area (Å²) in [5.74, 6) is 0.880. The fraction of sp³-hybridized carbons (Fsp3) is 0.500. The molecule has 3 heteroatoms. The standard InChI is InChI=1S/C6H8N2O/c9-5-3-7-8-6(5)4-1-2-4/h3-4,9H,1-2H2,(H,7,8). The van der Waals surface area contributed by atoms with Gasteiger partial charge in [-0.25, -0.2) is 0 Å². The van der Waals surface area contributed by atoms with Crippen LogP contribution in [0.2, 0.25) is 0 Å². The molecule has 1 heterocycles. The number of nitrogens with one attached hydrogen (secondary N) is 1. The van der Waals surface area contributed by atoms with E-state index < -0.39 is 0 Å². The average Bonchev–Trinajstić information content (AvgIpc) is 2.58. The van der Waals surface area contributed by atoms with Crippen LogP contribution in [-0.2, 0) is 0 Å². The first kappa shape index (κ1) is 4.85. The van der Waals surface area contributed by atoms with Crippen molar-refractivity contribution in [2.45, 2.75) is 18.8 Å². The van der Waals surface area contributed by atoms with E-state index in [0.717, 1.165) is 5.69 Å². The third kappa shape index (κ3) is 0.686. The second-order valence-corrected chi connectivity index (χ2v) is 2.44. The van der Waals surface area contributed by atoms with Crippen molar-refractivity contribution in [1.82, 2.24) is 10.2 Å². The molecule has 0 bridgehead atoms. The molecule has 1 aliphatic carbocycles. The number of hydrogen-bond donors (Lipinski definition) is 2. The Morgan fingerprint density at radius 3 is 2.89 bits per heavy atom. The summed E-state index contributed by atoms with van der Waals surface area (Å²) in [4.78, 5) is 0.